The van der Waals surface area contributed by atoms with Crippen molar-refractivity contribution in [1.82, 2.24) is 4.90 Å². The van der Waals surface area contributed by atoms with Crippen LogP contribution in [-0.4, -0.2) is 30.4 Å². The molecule has 1 aromatic carbocycles. The fourth-order valence-corrected chi connectivity index (χ4v) is 2.78. The third-order valence-corrected chi connectivity index (χ3v) is 3.76. The van der Waals surface area contributed by atoms with Gasteiger partial charge in [0.05, 0.1) is 6.54 Å². The highest BCUT2D eigenvalue weighted by Gasteiger charge is 2.18. The molecule has 104 valence electrons. The van der Waals surface area contributed by atoms with Crippen LogP contribution in [0.5, 0.6) is 0 Å². The van der Waals surface area contributed by atoms with Crippen molar-refractivity contribution < 1.29 is 4.79 Å². The zero-order valence-corrected chi connectivity index (χ0v) is 12.2. The second-order valence-corrected chi connectivity index (χ2v) is 5.85. The molecule has 0 aromatic heterocycles. The summed E-state index contributed by atoms with van der Waals surface area (Å²) in [7, 11) is 0. The zero-order valence-electron chi connectivity index (χ0n) is 12.2. The van der Waals surface area contributed by atoms with E-state index in [9.17, 15) is 4.79 Å². The number of likely N-dealkylation sites (tertiary alicyclic amines) is 1. The summed E-state index contributed by atoms with van der Waals surface area (Å²) in [5.74, 6) is 0.809. The van der Waals surface area contributed by atoms with E-state index in [1.807, 2.05) is 19.1 Å². The molecule has 0 radical (unpaired) electrons. The predicted octanol–water partition coefficient (Wildman–Crippen LogP) is 2.97. The first-order valence-electron chi connectivity index (χ1n) is 7.14. The minimum absolute atomic E-state index is 0.0982. The molecular weight excluding hydrogens is 236 g/mol. The molecule has 1 N–H and O–H groups in total. The number of anilines is 1. The molecule has 2 rings (SSSR count). The summed E-state index contributed by atoms with van der Waals surface area (Å²) in [6.45, 7) is 8.95. The summed E-state index contributed by atoms with van der Waals surface area (Å²) in [5.41, 5.74) is 3.28. The van der Waals surface area contributed by atoms with E-state index in [0.717, 1.165) is 24.3 Å². The molecule has 1 aliphatic rings. The summed E-state index contributed by atoms with van der Waals surface area (Å²) in [6.07, 6.45) is 2.49. The van der Waals surface area contributed by atoms with Gasteiger partial charge < -0.3 is 5.32 Å². The topological polar surface area (TPSA) is 32.3 Å². The van der Waals surface area contributed by atoms with Gasteiger partial charge in [-0.3, -0.25) is 9.69 Å². The van der Waals surface area contributed by atoms with Crippen molar-refractivity contribution in [2.45, 2.75) is 33.6 Å². The maximum atomic E-state index is 12.1. The smallest absolute Gasteiger partial charge is 0.238 e. The standard InChI is InChI=1S/C16H24N2O/c1-12-6-7-15(14(3)9-12)17-16(19)11-18-8-4-5-13(2)10-18/h6-7,9,13H,4-5,8,10-11H2,1-3H3,(H,17,19). The molecule has 19 heavy (non-hydrogen) atoms. The molecule has 0 spiro atoms. The maximum absolute atomic E-state index is 12.1. The van der Waals surface area contributed by atoms with E-state index in [1.165, 1.54) is 18.4 Å². The Labute approximate surface area is 116 Å². The number of hydrogen-bond acceptors (Lipinski definition) is 2. The molecule has 1 unspecified atom stereocenters. The van der Waals surface area contributed by atoms with Gasteiger partial charge in [0.2, 0.25) is 5.91 Å². The normalized spacial score (nSPS) is 20.3. The lowest BCUT2D eigenvalue weighted by Gasteiger charge is -2.30. The quantitative estimate of drug-likeness (QED) is 0.906. The first-order chi connectivity index (χ1) is 9.04. The lowest BCUT2D eigenvalue weighted by molar-refractivity contribution is -0.117. The Morgan fingerprint density at radius 3 is 2.89 bits per heavy atom. The van der Waals surface area contributed by atoms with Crippen molar-refractivity contribution >= 4 is 11.6 Å². The SMILES string of the molecule is Cc1ccc(NC(=O)CN2CCCC(C)C2)c(C)c1. The number of rotatable bonds is 3. The highest BCUT2D eigenvalue weighted by atomic mass is 16.2. The first-order valence-corrected chi connectivity index (χ1v) is 7.14. The van der Waals surface area contributed by atoms with Gasteiger partial charge in [-0.2, -0.15) is 0 Å². The van der Waals surface area contributed by atoms with Crippen LogP contribution in [-0.2, 0) is 4.79 Å². The van der Waals surface area contributed by atoms with Gasteiger partial charge in [0.25, 0.3) is 0 Å². The van der Waals surface area contributed by atoms with E-state index >= 15 is 0 Å². The lowest BCUT2D eigenvalue weighted by Crippen LogP contribution is -2.39. The molecule has 1 fully saturated rings. The van der Waals surface area contributed by atoms with E-state index in [4.69, 9.17) is 0 Å². The number of nitrogens with zero attached hydrogens (tertiary/aromatic N) is 1. The molecule has 1 aromatic rings. The molecule has 0 bridgehead atoms. The number of piperidine rings is 1. The summed E-state index contributed by atoms with van der Waals surface area (Å²) >= 11 is 0. The summed E-state index contributed by atoms with van der Waals surface area (Å²) in [5, 5.41) is 3.02. The minimum atomic E-state index is 0.0982. The Bertz CT molecular complexity index is 456. The van der Waals surface area contributed by atoms with Crippen LogP contribution in [0.3, 0.4) is 0 Å². The average molecular weight is 260 g/mol. The van der Waals surface area contributed by atoms with Crippen molar-refractivity contribution in [2.24, 2.45) is 5.92 Å². The van der Waals surface area contributed by atoms with Crippen LogP contribution in [0.15, 0.2) is 18.2 Å². The predicted molar refractivity (Wildman–Crippen MR) is 79.4 cm³/mol. The van der Waals surface area contributed by atoms with Gasteiger partial charge in [-0.05, 0) is 50.8 Å². The van der Waals surface area contributed by atoms with Gasteiger partial charge in [0.1, 0.15) is 0 Å². The largest absolute Gasteiger partial charge is 0.325 e. The average Bonchev–Trinajstić information content (AvgIpc) is 2.33. The van der Waals surface area contributed by atoms with Gasteiger partial charge >= 0.3 is 0 Å². The third kappa shape index (κ3) is 4.06. The number of carbonyl (C=O) groups excluding carboxylic acids is 1. The van der Waals surface area contributed by atoms with Crippen molar-refractivity contribution in [1.29, 1.82) is 0 Å². The summed E-state index contributed by atoms with van der Waals surface area (Å²) in [4.78, 5) is 14.3. The monoisotopic (exact) mass is 260 g/mol. The lowest BCUT2D eigenvalue weighted by atomic mass is 10.0. The van der Waals surface area contributed by atoms with E-state index in [0.29, 0.717) is 12.5 Å². The van der Waals surface area contributed by atoms with Crippen molar-refractivity contribution in [3.63, 3.8) is 0 Å². The number of carbonyl (C=O) groups is 1. The molecule has 3 nitrogen and oxygen atoms in total. The van der Waals surface area contributed by atoms with Gasteiger partial charge in [-0.25, -0.2) is 0 Å². The zero-order chi connectivity index (χ0) is 13.8. The Hall–Kier alpha value is -1.35. The molecule has 0 saturated carbocycles. The van der Waals surface area contributed by atoms with E-state index < -0.39 is 0 Å². The Morgan fingerprint density at radius 1 is 1.42 bits per heavy atom. The van der Waals surface area contributed by atoms with Crippen LogP contribution >= 0.6 is 0 Å². The van der Waals surface area contributed by atoms with Crippen molar-refractivity contribution in [2.75, 3.05) is 25.0 Å². The Balaban J connectivity index is 1.90. The molecule has 3 heteroatoms. The van der Waals surface area contributed by atoms with Crippen molar-refractivity contribution in [3.8, 4) is 0 Å². The maximum Gasteiger partial charge on any atom is 0.238 e. The van der Waals surface area contributed by atoms with E-state index in [1.54, 1.807) is 0 Å². The van der Waals surface area contributed by atoms with Crippen LogP contribution in [0.4, 0.5) is 5.69 Å². The van der Waals surface area contributed by atoms with Crippen LogP contribution in [0.25, 0.3) is 0 Å². The van der Waals surface area contributed by atoms with E-state index in [-0.39, 0.29) is 5.91 Å². The van der Waals surface area contributed by atoms with Crippen molar-refractivity contribution in [3.05, 3.63) is 29.3 Å². The fourth-order valence-electron chi connectivity index (χ4n) is 2.78. The highest BCUT2D eigenvalue weighted by molar-refractivity contribution is 5.93. The first kappa shape index (κ1) is 14.1. The molecule has 0 aliphatic carbocycles. The Kier molecular flexibility index (Phi) is 4.59. The van der Waals surface area contributed by atoms with Crippen LogP contribution < -0.4 is 5.32 Å². The number of nitrogens with one attached hydrogen (secondary N) is 1. The number of benzene rings is 1. The van der Waals surface area contributed by atoms with Crippen LogP contribution in [0, 0.1) is 19.8 Å². The minimum Gasteiger partial charge on any atom is -0.325 e. The molecule has 1 saturated heterocycles. The second kappa shape index (κ2) is 6.20. The number of aryl methyl sites for hydroxylation is 2. The molecular formula is C16H24N2O. The second-order valence-electron chi connectivity index (χ2n) is 5.85. The fraction of sp³-hybridized carbons (Fsp3) is 0.562. The summed E-state index contributed by atoms with van der Waals surface area (Å²) in [6, 6.07) is 6.12. The van der Waals surface area contributed by atoms with Gasteiger partial charge in [0.15, 0.2) is 0 Å². The van der Waals surface area contributed by atoms with Gasteiger partial charge in [0, 0.05) is 12.2 Å². The van der Waals surface area contributed by atoms with E-state index in [2.05, 4.69) is 30.1 Å². The Morgan fingerprint density at radius 2 is 2.21 bits per heavy atom. The van der Waals surface area contributed by atoms with Crippen LogP contribution in [0.1, 0.15) is 30.9 Å². The third-order valence-electron chi connectivity index (χ3n) is 3.76. The summed E-state index contributed by atoms with van der Waals surface area (Å²) < 4.78 is 0. The molecule has 1 amide bonds. The molecule has 1 heterocycles. The van der Waals surface area contributed by atoms with Crippen LogP contribution in [0.2, 0.25) is 0 Å². The number of amides is 1. The highest BCUT2D eigenvalue weighted by Crippen LogP contribution is 2.17. The number of hydrogen-bond donors (Lipinski definition) is 1. The van der Waals surface area contributed by atoms with Gasteiger partial charge in [-0.1, -0.05) is 24.6 Å². The molecule has 1 atom stereocenters. The molecule has 1 aliphatic heterocycles. The van der Waals surface area contributed by atoms with Gasteiger partial charge in [-0.15, -0.1) is 0 Å².